The zero-order chi connectivity index (χ0) is 17.1. The molecule has 0 bridgehead atoms. The van der Waals surface area contributed by atoms with Crippen molar-refractivity contribution in [1.29, 1.82) is 0 Å². The quantitative estimate of drug-likeness (QED) is 0.569. The minimum atomic E-state index is -0.385. The summed E-state index contributed by atoms with van der Waals surface area (Å²) in [6, 6.07) is 10.6. The lowest BCUT2D eigenvalue weighted by Gasteiger charge is -2.37. The summed E-state index contributed by atoms with van der Waals surface area (Å²) in [4.78, 5) is 13.0. The van der Waals surface area contributed by atoms with Crippen LogP contribution in [-0.2, 0) is 9.53 Å². The van der Waals surface area contributed by atoms with Gasteiger partial charge in [-0.25, -0.2) is 0 Å². The summed E-state index contributed by atoms with van der Waals surface area (Å²) in [5.41, 5.74) is 0.118. The van der Waals surface area contributed by atoms with Crippen molar-refractivity contribution in [1.82, 2.24) is 0 Å². The molecular weight excluding hydrogens is 315 g/mol. The van der Waals surface area contributed by atoms with Gasteiger partial charge in [0, 0.05) is 0 Å². The number of carbonyl (C=O) groups is 1. The van der Waals surface area contributed by atoms with Gasteiger partial charge in [0.2, 0.25) is 0 Å². The Morgan fingerprint density at radius 2 is 1.92 bits per heavy atom. The molecule has 0 radical (unpaired) electrons. The standard InChI is InChI=1S/C21H31O2P/c1-15(2)18-12-11-16(3)14-19(18)23-21(22)20-10-7-13-24(20)17-8-5-4-6-9-17/h4-6,8-9,15-16,18-20H,7,10-14H2,1-3H3/t16-,18+,19-,20-,24?/m0/s1. The second kappa shape index (κ2) is 8.00. The van der Waals surface area contributed by atoms with E-state index in [-0.39, 0.29) is 25.7 Å². The molecule has 0 aromatic heterocycles. The highest BCUT2D eigenvalue weighted by molar-refractivity contribution is 7.67. The molecule has 2 aliphatic rings. The molecule has 1 aliphatic carbocycles. The van der Waals surface area contributed by atoms with Crippen LogP contribution in [0.3, 0.4) is 0 Å². The summed E-state index contributed by atoms with van der Waals surface area (Å²) < 4.78 is 6.15. The van der Waals surface area contributed by atoms with E-state index in [0.29, 0.717) is 17.8 Å². The molecule has 1 aromatic carbocycles. The summed E-state index contributed by atoms with van der Waals surface area (Å²) in [5.74, 6) is 1.90. The van der Waals surface area contributed by atoms with Crippen LogP contribution >= 0.6 is 7.92 Å². The Morgan fingerprint density at radius 3 is 2.62 bits per heavy atom. The van der Waals surface area contributed by atoms with Crippen LogP contribution in [0.5, 0.6) is 0 Å². The fourth-order valence-corrected chi connectivity index (χ4v) is 7.24. The number of hydrogen-bond donors (Lipinski definition) is 0. The van der Waals surface area contributed by atoms with Crippen LogP contribution in [0.1, 0.15) is 52.9 Å². The van der Waals surface area contributed by atoms with Gasteiger partial charge in [-0.3, -0.25) is 4.79 Å². The van der Waals surface area contributed by atoms with Crippen molar-refractivity contribution < 1.29 is 9.53 Å². The van der Waals surface area contributed by atoms with E-state index in [1.165, 1.54) is 24.3 Å². The fraction of sp³-hybridized carbons (Fsp3) is 0.667. The first-order chi connectivity index (χ1) is 11.6. The Bertz CT molecular complexity index is 542. The Balaban J connectivity index is 1.69. The van der Waals surface area contributed by atoms with Crippen molar-refractivity contribution >= 4 is 19.2 Å². The monoisotopic (exact) mass is 346 g/mol. The lowest BCUT2D eigenvalue weighted by atomic mass is 9.75. The van der Waals surface area contributed by atoms with Crippen molar-refractivity contribution in [2.45, 2.75) is 64.6 Å². The second-order valence-electron chi connectivity index (χ2n) is 7.99. The molecule has 1 aliphatic heterocycles. The number of ether oxygens (including phenoxy) is 1. The summed E-state index contributed by atoms with van der Waals surface area (Å²) in [7, 11) is -0.385. The molecule has 24 heavy (non-hydrogen) atoms. The number of carbonyl (C=O) groups excluding carboxylic acids is 1. The van der Waals surface area contributed by atoms with Crippen LogP contribution < -0.4 is 5.30 Å². The second-order valence-corrected chi connectivity index (χ2v) is 10.5. The molecule has 0 amide bonds. The van der Waals surface area contributed by atoms with E-state index in [9.17, 15) is 4.79 Å². The average Bonchev–Trinajstić information content (AvgIpc) is 3.05. The van der Waals surface area contributed by atoms with Crippen LogP contribution in [0.15, 0.2) is 30.3 Å². The molecule has 0 N–H and O–H groups in total. The molecule has 132 valence electrons. The molecule has 1 unspecified atom stereocenters. The van der Waals surface area contributed by atoms with Gasteiger partial charge in [0.25, 0.3) is 0 Å². The number of rotatable bonds is 4. The van der Waals surface area contributed by atoms with Crippen LogP contribution in [0, 0.1) is 17.8 Å². The predicted molar refractivity (Wildman–Crippen MR) is 102 cm³/mol. The fourth-order valence-electron chi connectivity index (χ4n) is 4.42. The van der Waals surface area contributed by atoms with Crippen LogP contribution in [0.25, 0.3) is 0 Å². The Labute approximate surface area is 148 Å². The predicted octanol–water partition coefficient (Wildman–Crippen LogP) is 4.96. The molecule has 2 fully saturated rings. The zero-order valence-corrected chi connectivity index (χ0v) is 16.2. The Hall–Kier alpha value is -0.880. The van der Waals surface area contributed by atoms with Crippen molar-refractivity contribution in [2.75, 3.05) is 6.16 Å². The van der Waals surface area contributed by atoms with Gasteiger partial charge in [0.05, 0.1) is 5.66 Å². The first-order valence-electron chi connectivity index (χ1n) is 9.58. The van der Waals surface area contributed by atoms with Gasteiger partial charge in [0.15, 0.2) is 0 Å². The van der Waals surface area contributed by atoms with Gasteiger partial charge in [-0.05, 0) is 54.9 Å². The van der Waals surface area contributed by atoms with E-state index >= 15 is 0 Å². The summed E-state index contributed by atoms with van der Waals surface area (Å²) in [6.45, 7) is 6.84. The topological polar surface area (TPSA) is 26.3 Å². The maximum atomic E-state index is 13.0. The highest BCUT2D eigenvalue weighted by atomic mass is 31.1. The molecule has 2 nitrogen and oxygen atoms in total. The number of benzene rings is 1. The average molecular weight is 346 g/mol. The van der Waals surface area contributed by atoms with E-state index in [4.69, 9.17) is 4.74 Å². The molecular formula is C21H31O2P. The summed E-state index contributed by atoms with van der Waals surface area (Å²) in [5, 5.41) is 1.37. The maximum absolute atomic E-state index is 13.0. The molecule has 3 heteroatoms. The molecule has 3 rings (SSSR count). The molecule has 1 saturated carbocycles. The van der Waals surface area contributed by atoms with Gasteiger partial charge >= 0.3 is 5.97 Å². The van der Waals surface area contributed by atoms with E-state index < -0.39 is 0 Å². The van der Waals surface area contributed by atoms with Crippen molar-refractivity contribution in [3.8, 4) is 0 Å². The Morgan fingerprint density at radius 1 is 1.17 bits per heavy atom. The van der Waals surface area contributed by atoms with Gasteiger partial charge in [-0.15, -0.1) is 0 Å². The highest BCUT2D eigenvalue weighted by Crippen LogP contribution is 2.50. The first-order valence-corrected chi connectivity index (χ1v) is 11.2. The molecule has 1 saturated heterocycles. The lowest BCUT2D eigenvalue weighted by molar-refractivity contribution is -0.155. The van der Waals surface area contributed by atoms with Crippen molar-refractivity contribution in [3.63, 3.8) is 0 Å². The van der Waals surface area contributed by atoms with Gasteiger partial charge in [-0.1, -0.05) is 65.4 Å². The van der Waals surface area contributed by atoms with Crippen molar-refractivity contribution in [3.05, 3.63) is 30.3 Å². The maximum Gasteiger partial charge on any atom is 0.313 e. The third-order valence-corrected chi connectivity index (χ3v) is 8.82. The van der Waals surface area contributed by atoms with Gasteiger partial charge in [0.1, 0.15) is 6.10 Å². The molecule has 5 atom stereocenters. The zero-order valence-electron chi connectivity index (χ0n) is 15.3. The van der Waals surface area contributed by atoms with Crippen LogP contribution in [0.2, 0.25) is 0 Å². The summed E-state index contributed by atoms with van der Waals surface area (Å²) >= 11 is 0. The van der Waals surface area contributed by atoms with E-state index in [1.807, 2.05) is 0 Å². The third-order valence-electron chi connectivity index (χ3n) is 5.84. The SMILES string of the molecule is CC(C)[C@H]1CC[C@H](C)C[C@@H]1OC(=O)[C@@H]1CCCP1c1ccccc1. The van der Waals surface area contributed by atoms with Gasteiger partial charge in [-0.2, -0.15) is 0 Å². The van der Waals surface area contributed by atoms with Crippen LogP contribution in [-0.4, -0.2) is 23.9 Å². The largest absolute Gasteiger partial charge is 0.462 e. The third kappa shape index (κ3) is 4.02. The number of esters is 1. The van der Waals surface area contributed by atoms with E-state index in [1.54, 1.807) is 0 Å². The lowest BCUT2D eigenvalue weighted by Crippen LogP contribution is -2.38. The van der Waals surface area contributed by atoms with Gasteiger partial charge < -0.3 is 4.74 Å². The van der Waals surface area contributed by atoms with E-state index in [2.05, 4.69) is 51.1 Å². The minimum Gasteiger partial charge on any atom is -0.462 e. The van der Waals surface area contributed by atoms with Crippen LogP contribution in [0.4, 0.5) is 0 Å². The van der Waals surface area contributed by atoms with E-state index in [0.717, 1.165) is 19.3 Å². The molecule has 1 aromatic rings. The molecule has 1 heterocycles. The summed E-state index contributed by atoms with van der Waals surface area (Å²) in [6.07, 6.45) is 7.00. The Kier molecular flexibility index (Phi) is 5.98. The van der Waals surface area contributed by atoms with Crippen molar-refractivity contribution in [2.24, 2.45) is 17.8 Å². The molecule has 0 spiro atoms. The normalized spacial score (nSPS) is 33.6. The smallest absolute Gasteiger partial charge is 0.313 e. The number of hydrogen-bond acceptors (Lipinski definition) is 2. The highest BCUT2D eigenvalue weighted by Gasteiger charge is 2.39. The first kappa shape index (κ1) is 17.9. The minimum absolute atomic E-state index is 0.0900.